The molecule has 0 aromatic heterocycles. The van der Waals surface area contributed by atoms with E-state index in [1.807, 2.05) is 44.2 Å². The van der Waals surface area contributed by atoms with E-state index in [2.05, 4.69) is 6.07 Å². The van der Waals surface area contributed by atoms with E-state index in [4.69, 9.17) is 5.26 Å². The molecule has 0 saturated carbocycles. The van der Waals surface area contributed by atoms with Gasteiger partial charge in [-0.1, -0.05) is 30.3 Å². The summed E-state index contributed by atoms with van der Waals surface area (Å²) in [5.41, 5.74) is -0.473. The first kappa shape index (κ1) is 15.5. The van der Waals surface area contributed by atoms with Gasteiger partial charge in [0, 0.05) is 0 Å². The monoisotopic (exact) mass is 301 g/mol. The maximum atomic E-state index is 12.4. The zero-order chi connectivity index (χ0) is 15.5. The fourth-order valence-corrected chi connectivity index (χ4v) is 3.58. The van der Waals surface area contributed by atoms with E-state index in [1.165, 1.54) is 0 Å². The lowest BCUT2D eigenvalue weighted by molar-refractivity contribution is 0.445. The zero-order valence-electron chi connectivity index (χ0n) is 12.3. The van der Waals surface area contributed by atoms with Crippen LogP contribution in [0.15, 0.2) is 47.4 Å². The van der Waals surface area contributed by atoms with Gasteiger partial charge in [0.2, 0.25) is 0 Å². The second-order valence-electron chi connectivity index (χ2n) is 5.93. The zero-order valence-corrected chi connectivity index (χ0v) is 13.2. The van der Waals surface area contributed by atoms with Crippen molar-refractivity contribution in [2.24, 2.45) is 5.41 Å². The van der Waals surface area contributed by atoms with Gasteiger partial charge in [0.15, 0.2) is 9.84 Å². The highest BCUT2D eigenvalue weighted by atomic mass is 32.2. The van der Waals surface area contributed by atoms with E-state index < -0.39 is 15.3 Å². The second kappa shape index (κ2) is 5.87. The van der Waals surface area contributed by atoms with Gasteiger partial charge in [-0.15, -0.1) is 0 Å². The number of nitrogens with zero attached hydrogens (tertiary/aromatic N) is 1. The van der Waals surface area contributed by atoms with Gasteiger partial charge in [-0.05, 0) is 49.6 Å². The highest BCUT2D eigenvalue weighted by molar-refractivity contribution is 7.91. The standard InChI is InChI=1S/C17H19NO2S/c1-17(2,13-18)10-5-11-21(19,20)16-9-8-14-6-3-4-7-15(14)12-16/h3-4,6-9,12H,5,10-11H2,1-2H3. The maximum absolute atomic E-state index is 12.4. The van der Waals surface area contributed by atoms with Crippen LogP contribution in [-0.4, -0.2) is 14.2 Å². The smallest absolute Gasteiger partial charge is 0.178 e. The molecule has 2 aromatic carbocycles. The van der Waals surface area contributed by atoms with Gasteiger partial charge in [-0.2, -0.15) is 5.26 Å². The van der Waals surface area contributed by atoms with Crippen molar-refractivity contribution in [2.45, 2.75) is 31.6 Å². The number of hydrogen-bond acceptors (Lipinski definition) is 3. The lowest BCUT2D eigenvalue weighted by atomic mass is 9.90. The van der Waals surface area contributed by atoms with E-state index in [9.17, 15) is 8.42 Å². The number of fused-ring (bicyclic) bond motifs is 1. The molecule has 21 heavy (non-hydrogen) atoms. The number of sulfone groups is 1. The molecule has 0 bridgehead atoms. The average Bonchev–Trinajstić information content (AvgIpc) is 2.46. The van der Waals surface area contributed by atoms with Crippen LogP contribution in [0.2, 0.25) is 0 Å². The summed E-state index contributed by atoms with van der Waals surface area (Å²) in [7, 11) is -3.29. The summed E-state index contributed by atoms with van der Waals surface area (Å²) in [6.45, 7) is 3.66. The van der Waals surface area contributed by atoms with Gasteiger partial charge in [0.25, 0.3) is 0 Å². The van der Waals surface area contributed by atoms with E-state index >= 15 is 0 Å². The van der Waals surface area contributed by atoms with Gasteiger partial charge < -0.3 is 0 Å². The summed E-state index contributed by atoms with van der Waals surface area (Å²) >= 11 is 0. The van der Waals surface area contributed by atoms with Gasteiger partial charge in [-0.25, -0.2) is 8.42 Å². The minimum atomic E-state index is -3.29. The summed E-state index contributed by atoms with van der Waals surface area (Å²) in [5.74, 6) is 0.0798. The van der Waals surface area contributed by atoms with Crippen LogP contribution in [0.3, 0.4) is 0 Å². The first-order valence-corrected chi connectivity index (χ1v) is 8.62. The van der Waals surface area contributed by atoms with E-state index in [-0.39, 0.29) is 5.75 Å². The Morgan fingerprint density at radius 2 is 1.76 bits per heavy atom. The molecule has 0 aliphatic carbocycles. The third kappa shape index (κ3) is 3.83. The minimum absolute atomic E-state index is 0.0798. The quantitative estimate of drug-likeness (QED) is 0.840. The Labute approximate surface area is 126 Å². The number of rotatable bonds is 5. The van der Waals surface area contributed by atoms with Crippen molar-refractivity contribution in [3.8, 4) is 6.07 Å². The molecule has 2 aromatic rings. The van der Waals surface area contributed by atoms with Crippen LogP contribution in [0.4, 0.5) is 0 Å². The van der Waals surface area contributed by atoms with Crippen LogP contribution in [0.1, 0.15) is 26.7 Å². The van der Waals surface area contributed by atoms with Gasteiger partial charge in [0.05, 0.1) is 22.1 Å². The highest BCUT2D eigenvalue weighted by Crippen LogP contribution is 2.24. The summed E-state index contributed by atoms with van der Waals surface area (Å²) in [6, 6.07) is 15.1. The molecule has 0 heterocycles. The maximum Gasteiger partial charge on any atom is 0.178 e. The summed E-state index contributed by atoms with van der Waals surface area (Å²) in [4.78, 5) is 0.357. The van der Waals surface area contributed by atoms with Crippen molar-refractivity contribution in [1.82, 2.24) is 0 Å². The van der Waals surface area contributed by atoms with Crippen LogP contribution in [0, 0.1) is 16.7 Å². The first-order valence-electron chi connectivity index (χ1n) is 6.97. The molecule has 4 heteroatoms. The van der Waals surface area contributed by atoms with Crippen molar-refractivity contribution < 1.29 is 8.42 Å². The molecular formula is C17H19NO2S. The third-order valence-electron chi connectivity index (χ3n) is 3.60. The van der Waals surface area contributed by atoms with Gasteiger partial charge >= 0.3 is 0 Å². The van der Waals surface area contributed by atoms with Crippen molar-refractivity contribution in [3.05, 3.63) is 42.5 Å². The SMILES string of the molecule is CC(C)(C#N)CCCS(=O)(=O)c1ccc2ccccc2c1. The fraction of sp³-hybridized carbons (Fsp3) is 0.353. The largest absolute Gasteiger partial charge is 0.224 e. The topological polar surface area (TPSA) is 57.9 Å². The van der Waals surface area contributed by atoms with Gasteiger partial charge in [0.1, 0.15) is 0 Å². The predicted molar refractivity (Wildman–Crippen MR) is 84.6 cm³/mol. The van der Waals surface area contributed by atoms with Crippen LogP contribution in [0.5, 0.6) is 0 Å². The number of nitriles is 1. The Bertz CT molecular complexity index is 786. The van der Waals surface area contributed by atoms with Crippen LogP contribution < -0.4 is 0 Å². The summed E-state index contributed by atoms with van der Waals surface area (Å²) in [6.07, 6.45) is 1.08. The Balaban J connectivity index is 2.16. The molecule has 0 atom stereocenters. The lowest BCUT2D eigenvalue weighted by Gasteiger charge is -2.14. The second-order valence-corrected chi connectivity index (χ2v) is 8.04. The molecule has 0 N–H and O–H groups in total. The molecule has 110 valence electrons. The number of benzene rings is 2. The van der Waals surface area contributed by atoms with E-state index in [0.29, 0.717) is 17.7 Å². The van der Waals surface area contributed by atoms with E-state index in [0.717, 1.165) is 10.8 Å². The third-order valence-corrected chi connectivity index (χ3v) is 5.40. The van der Waals surface area contributed by atoms with Crippen molar-refractivity contribution in [1.29, 1.82) is 5.26 Å². The van der Waals surface area contributed by atoms with Crippen LogP contribution in [-0.2, 0) is 9.84 Å². The van der Waals surface area contributed by atoms with Crippen LogP contribution >= 0.6 is 0 Å². The minimum Gasteiger partial charge on any atom is -0.224 e. The molecule has 0 aliphatic heterocycles. The first-order chi connectivity index (χ1) is 9.84. The molecule has 0 amide bonds. The molecular weight excluding hydrogens is 282 g/mol. The molecule has 0 unspecified atom stereocenters. The lowest BCUT2D eigenvalue weighted by Crippen LogP contribution is -2.12. The van der Waals surface area contributed by atoms with Crippen LogP contribution in [0.25, 0.3) is 10.8 Å². The fourth-order valence-electron chi connectivity index (χ4n) is 2.24. The number of hydrogen-bond donors (Lipinski definition) is 0. The molecule has 0 fully saturated rings. The summed E-state index contributed by atoms with van der Waals surface area (Å²) < 4.78 is 24.7. The normalized spacial score (nSPS) is 12.2. The molecule has 0 radical (unpaired) electrons. The molecule has 2 rings (SSSR count). The van der Waals surface area contributed by atoms with Crippen molar-refractivity contribution in [3.63, 3.8) is 0 Å². The predicted octanol–water partition coefficient (Wildman–Crippen LogP) is 3.94. The Morgan fingerprint density at radius 1 is 1.10 bits per heavy atom. The van der Waals surface area contributed by atoms with Gasteiger partial charge in [-0.3, -0.25) is 0 Å². The molecule has 0 aliphatic rings. The molecule has 3 nitrogen and oxygen atoms in total. The Kier molecular flexibility index (Phi) is 4.34. The van der Waals surface area contributed by atoms with E-state index in [1.54, 1.807) is 12.1 Å². The Hall–Kier alpha value is -1.86. The molecule has 0 spiro atoms. The average molecular weight is 301 g/mol. The Morgan fingerprint density at radius 3 is 2.43 bits per heavy atom. The van der Waals surface area contributed by atoms with Crippen molar-refractivity contribution in [2.75, 3.05) is 5.75 Å². The summed E-state index contributed by atoms with van der Waals surface area (Å²) in [5, 5.41) is 10.9. The van der Waals surface area contributed by atoms with Crippen molar-refractivity contribution >= 4 is 20.6 Å². The molecule has 0 saturated heterocycles. The highest BCUT2D eigenvalue weighted by Gasteiger charge is 2.20.